The second-order valence-corrected chi connectivity index (χ2v) is 1.96. The number of allylic oxidation sites excluding steroid dienone is 1. The number of carbonyl (C=O) groups is 1. The maximum Gasteiger partial charge on any atom is 0.421 e. The first-order valence-corrected chi connectivity index (χ1v) is 2.70. The molecule has 0 aliphatic rings. The SMILES string of the molecule is NC(=O)C=C(C(F)(F)F)C(F)(F)F. The van der Waals surface area contributed by atoms with Gasteiger partial charge >= 0.3 is 12.4 Å². The number of hydrogen-bond acceptors (Lipinski definition) is 1. The van der Waals surface area contributed by atoms with E-state index in [-0.39, 0.29) is 0 Å². The summed E-state index contributed by atoms with van der Waals surface area (Å²) in [6, 6.07) is 0. The normalized spacial score (nSPS) is 12.5. The number of amides is 1. The summed E-state index contributed by atoms with van der Waals surface area (Å²) in [7, 11) is 0. The number of primary amides is 1. The number of nitrogens with two attached hydrogens (primary N) is 1. The van der Waals surface area contributed by atoms with E-state index in [0.717, 1.165) is 0 Å². The van der Waals surface area contributed by atoms with Crippen molar-refractivity contribution in [3.63, 3.8) is 0 Å². The Hall–Kier alpha value is -1.21. The van der Waals surface area contributed by atoms with Gasteiger partial charge < -0.3 is 5.73 Å². The highest BCUT2D eigenvalue weighted by molar-refractivity contribution is 5.86. The summed E-state index contributed by atoms with van der Waals surface area (Å²) in [6.45, 7) is 0. The molecule has 0 saturated heterocycles. The van der Waals surface area contributed by atoms with Gasteiger partial charge in [0.15, 0.2) is 0 Å². The van der Waals surface area contributed by atoms with Crippen molar-refractivity contribution < 1.29 is 31.1 Å². The molecule has 0 aliphatic heterocycles. The Morgan fingerprint density at radius 2 is 1.31 bits per heavy atom. The molecule has 76 valence electrons. The molecule has 13 heavy (non-hydrogen) atoms. The minimum Gasteiger partial charge on any atom is -0.366 e. The molecule has 0 spiro atoms. The predicted octanol–water partition coefficient (Wildman–Crippen LogP) is 1.52. The van der Waals surface area contributed by atoms with Gasteiger partial charge in [-0.3, -0.25) is 4.79 Å². The summed E-state index contributed by atoms with van der Waals surface area (Å²) < 4.78 is 69.5. The van der Waals surface area contributed by atoms with Crippen LogP contribution in [0.4, 0.5) is 26.3 Å². The van der Waals surface area contributed by atoms with Crippen molar-refractivity contribution >= 4 is 5.91 Å². The van der Waals surface area contributed by atoms with E-state index in [1.54, 1.807) is 0 Å². The fourth-order valence-electron chi connectivity index (χ4n) is 0.467. The minimum atomic E-state index is -5.63. The van der Waals surface area contributed by atoms with Crippen molar-refractivity contribution in [2.75, 3.05) is 0 Å². The Kier molecular flexibility index (Phi) is 2.96. The molecule has 0 radical (unpaired) electrons. The molecule has 0 aliphatic carbocycles. The van der Waals surface area contributed by atoms with Gasteiger partial charge in [0.1, 0.15) is 5.57 Å². The smallest absolute Gasteiger partial charge is 0.366 e. The van der Waals surface area contributed by atoms with Crippen LogP contribution in [0.2, 0.25) is 0 Å². The zero-order valence-corrected chi connectivity index (χ0v) is 5.83. The first-order chi connectivity index (χ1) is 5.55. The monoisotopic (exact) mass is 207 g/mol. The summed E-state index contributed by atoms with van der Waals surface area (Å²) in [4.78, 5) is 9.85. The second-order valence-electron chi connectivity index (χ2n) is 1.96. The van der Waals surface area contributed by atoms with Crippen LogP contribution in [0.1, 0.15) is 0 Å². The van der Waals surface area contributed by atoms with Gasteiger partial charge in [-0.25, -0.2) is 0 Å². The molecule has 0 atom stereocenters. The first kappa shape index (κ1) is 11.8. The van der Waals surface area contributed by atoms with E-state index in [1.807, 2.05) is 0 Å². The Morgan fingerprint density at radius 3 is 1.38 bits per heavy atom. The highest BCUT2D eigenvalue weighted by Crippen LogP contribution is 2.38. The number of hydrogen-bond donors (Lipinski definition) is 1. The molecule has 0 heterocycles. The van der Waals surface area contributed by atoms with E-state index in [2.05, 4.69) is 5.73 Å². The van der Waals surface area contributed by atoms with E-state index < -0.39 is 29.9 Å². The fourth-order valence-corrected chi connectivity index (χ4v) is 0.467. The van der Waals surface area contributed by atoms with Gasteiger partial charge in [-0.05, 0) is 0 Å². The third-order valence-corrected chi connectivity index (χ3v) is 0.897. The van der Waals surface area contributed by atoms with E-state index in [4.69, 9.17) is 0 Å². The van der Waals surface area contributed by atoms with Gasteiger partial charge in [0.2, 0.25) is 5.91 Å². The number of carbonyl (C=O) groups excluding carboxylic acids is 1. The molecule has 2 N–H and O–H groups in total. The second kappa shape index (κ2) is 3.27. The Bertz CT molecular complexity index is 220. The van der Waals surface area contributed by atoms with E-state index >= 15 is 0 Å². The molecule has 0 saturated carbocycles. The lowest BCUT2D eigenvalue weighted by atomic mass is 10.2. The van der Waals surface area contributed by atoms with Crippen LogP contribution in [0.25, 0.3) is 0 Å². The molecule has 0 fully saturated rings. The molecule has 8 heteroatoms. The van der Waals surface area contributed by atoms with Crippen molar-refractivity contribution in [3.8, 4) is 0 Å². The lowest BCUT2D eigenvalue weighted by molar-refractivity contribution is -0.172. The maximum atomic E-state index is 11.6. The van der Waals surface area contributed by atoms with Crippen LogP contribution < -0.4 is 5.73 Å². The van der Waals surface area contributed by atoms with Gasteiger partial charge in [-0.15, -0.1) is 0 Å². The number of rotatable bonds is 1. The molecule has 0 bridgehead atoms. The zero-order chi connectivity index (χ0) is 10.9. The quantitative estimate of drug-likeness (QED) is 0.514. The van der Waals surface area contributed by atoms with Crippen molar-refractivity contribution in [1.82, 2.24) is 0 Å². The fraction of sp³-hybridized carbons (Fsp3) is 0.400. The van der Waals surface area contributed by atoms with Gasteiger partial charge in [-0.1, -0.05) is 0 Å². The van der Waals surface area contributed by atoms with Crippen LogP contribution in [0, 0.1) is 0 Å². The highest BCUT2D eigenvalue weighted by Gasteiger charge is 2.51. The van der Waals surface area contributed by atoms with Crippen molar-refractivity contribution in [1.29, 1.82) is 0 Å². The van der Waals surface area contributed by atoms with Gasteiger partial charge in [0, 0.05) is 6.08 Å². The predicted molar refractivity (Wildman–Crippen MR) is 29.4 cm³/mol. The topological polar surface area (TPSA) is 43.1 Å². The molecule has 1 amide bonds. The van der Waals surface area contributed by atoms with Crippen LogP contribution in [-0.2, 0) is 4.79 Å². The minimum absolute atomic E-state index is 0.694. The van der Waals surface area contributed by atoms with Crippen molar-refractivity contribution in [2.45, 2.75) is 12.4 Å². The van der Waals surface area contributed by atoms with E-state index in [1.165, 1.54) is 0 Å². The Balaban J connectivity index is 5.13. The van der Waals surface area contributed by atoms with Crippen molar-refractivity contribution in [3.05, 3.63) is 11.6 Å². The van der Waals surface area contributed by atoms with E-state index in [0.29, 0.717) is 0 Å². The van der Waals surface area contributed by atoms with Gasteiger partial charge in [0.05, 0.1) is 0 Å². The molecule has 0 aromatic carbocycles. The van der Waals surface area contributed by atoms with Crippen LogP contribution in [0.15, 0.2) is 11.6 Å². The number of halogens is 6. The molecular weight excluding hydrogens is 204 g/mol. The lowest BCUT2D eigenvalue weighted by Crippen LogP contribution is -2.28. The largest absolute Gasteiger partial charge is 0.421 e. The van der Waals surface area contributed by atoms with Crippen LogP contribution in [0.5, 0.6) is 0 Å². The summed E-state index contributed by atoms with van der Waals surface area (Å²) in [5, 5.41) is 0. The molecule has 0 aromatic heterocycles. The lowest BCUT2D eigenvalue weighted by Gasteiger charge is -2.13. The summed E-state index contributed by atoms with van der Waals surface area (Å²) in [5.41, 5.74) is 1.26. The highest BCUT2D eigenvalue weighted by atomic mass is 19.4. The molecule has 0 unspecified atom stereocenters. The Labute approximate surface area is 68.0 Å². The van der Waals surface area contributed by atoms with Crippen molar-refractivity contribution in [2.24, 2.45) is 5.73 Å². The standard InChI is InChI=1S/C5H3F6NO/c6-4(7,8)2(1-3(12)13)5(9,10)11/h1H,(H2,12,13). The summed E-state index contributed by atoms with van der Waals surface area (Å²) >= 11 is 0. The molecule has 2 nitrogen and oxygen atoms in total. The van der Waals surface area contributed by atoms with E-state index in [9.17, 15) is 31.1 Å². The summed E-state index contributed by atoms with van der Waals surface area (Å²) in [6.07, 6.45) is -12.0. The van der Waals surface area contributed by atoms with Crippen LogP contribution in [0.3, 0.4) is 0 Å². The maximum absolute atomic E-state index is 11.6. The van der Waals surface area contributed by atoms with Crippen LogP contribution >= 0.6 is 0 Å². The number of alkyl halides is 6. The summed E-state index contributed by atoms with van der Waals surface area (Å²) in [5.74, 6) is -1.80. The first-order valence-electron chi connectivity index (χ1n) is 2.70. The average Bonchev–Trinajstić information content (AvgIpc) is 1.77. The average molecular weight is 207 g/mol. The zero-order valence-electron chi connectivity index (χ0n) is 5.83. The molecule has 0 rings (SSSR count). The third-order valence-electron chi connectivity index (χ3n) is 0.897. The van der Waals surface area contributed by atoms with Gasteiger partial charge in [0.25, 0.3) is 0 Å². The van der Waals surface area contributed by atoms with Crippen LogP contribution in [-0.4, -0.2) is 18.3 Å². The molecule has 0 aromatic rings. The molecular formula is C5H3F6NO. The third kappa shape index (κ3) is 3.81. The Morgan fingerprint density at radius 1 is 1.00 bits per heavy atom. The van der Waals surface area contributed by atoms with Gasteiger partial charge in [-0.2, -0.15) is 26.3 Å².